The molecular formula is C18H21FN4O3S. The van der Waals surface area contributed by atoms with Crippen molar-refractivity contribution in [2.45, 2.75) is 31.5 Å². The van der Waals surface area contributed by atoms with E-state index >= 15 is 0 Å². The van der Waals surface area contributed by atoms with Crippen LogP contribution in [0.4, 0.5) is 4.39 Å². The molecule has 0 radical (unpaired) electrons. The highest BCUT2D eigenvalue weighted by Crippen LogP contribution is 2.11. The molecule has 9 heteroatoms. The molecule has 0 atom stereocenters. The fraction of sp³-hybridized carbons (Fsp3) is 0.333. The van der Waals surface area contributed by atoms with Crippen molar-refractivity contribution in [3.63, 3.8) is 0 Å². The lowest BCUT2D eigenvalue weighted by molar-refractivity contribution is -0.124. The van der Waals surface area contributed by atoms with Crippen molar-refractivity contribution in [1.82, 2.24) is 20.6 Å². The summed E-state index contributed by atoms with van der Waals surface area (Å²) < 4.78 is 12.8. The van der Waals surface area contributed by atoms with Gasteiger partial charge in [0.05, 0.1) is 12.3 Å². The van der Waals surface area contributed by atoms with E-state index in [0.29, 0.717) is 17.3 Å². The topological polar surface area (TPSA) is 104 Å². The molecule has 1 aromatic carbocycles. The number of hydrogen-bond donors (Lipinski definition) is 3. The molecule has 0 aliphatic rings. The summed E-state index contributed by atoms with van der Waals surface area (Å²) in [5.41, 5.74) is 1.19. The number of benzene rings is 1. The second-order valence-electron chi connectivity index (χ2n) is 5.76. The van der Waals surface area contributed by atoms with Crippen LogP contribution in [-0.4, -0.2) is 34.1 Å². The summed E-state index contributed by atoms with van der Waals surface area (Å²) in [6.07, 6.45) is 1.56. The second kappa shape index (κ2) is 10.5. The van der Waals surface area contributed by atoms with Crippen molar-refractivity contribution in [2.24, 2.45) is 0 Å². The molecule has 0 spiro atoms. The number of aryl methyl sites for hydroxylation is 1. The molecule has 2 rings (SSSR count). The number of thioether (sulfide) groups is 1. The number of aromatic nitrogens is 2. The number of carbonyl (C=O) groups excluding carboxylic acids is 2. The summed E-state index contributed by atoms with van der Waals surface area (Å²) in [5.74, 6) is -1.01. The Balaban J connectivity index is 1.71. The van der Waals surface area contributed by atoms with Gasteiger partial charge in [0.15, 0.2) is 5.16 Å². The van der Waals surface area contributed by atoms with Gasteiger partial charge in [-0.2, -0.15) is 0 Å². The molecular weight excluding hydrogens is 371 g/mol. The molecule has 1 aromatic heterocycles. The largest absolute Gasteiger partial charge is 0.350 e. The van der Waals surface area contributed by atoms with Gasteiger partial charge in [-0.15, -0.1) is 0 Å². The Bertz CT molecular complexity index is 839. The number of carbonyl (C=O) groups is 2. The van der Waals surface area contributed by atoms with Crippen molar-refractivity contribution >= 4 is 23.6 Å². The number of halogens is 1. The highest BCUT2D eigenvalue weighted by Gasteiger charge is 2.08. The Morgan fingerprint density at radius 2 is 1.93 bits per heavy atom. The van der Waals surface area contributed by atoms with Crippen molar-refractivity contribution < 1.29 is 14.0 Å². The van der Waals surface area contributed by atoms with Crippen LogP contribution in [0.15, 0.2) is 40.3 Å². The van der Waals surface area contributed by atoms with E-state index in [1.54, 1.807) is 12.1 Å². The van der Waals surface area contributed by atoms with Crippen molar-refractivity contribution in [1.29, 1.82) is 0 Å². The second-order valence-corrected chi connectivity index (χ2v) is 6.72. The van der Waals surface area contributed by atoms with E-state index in [-0.39, 0.29) is 42.0 Å². The summed E-state index contributed by atoms with van der Waals surface area (Å²) in [6.45, 7) is 2.07. The molecule has 0 unspecified atom stereocenters. The predicted molar refractivity (Wildman–Crippen MR) is 101 cm³/mol. The van der Waals surface area contributed by atoms with Crippen molar-refractivity contribution in [2.75, 3.05) is 12.3 Å². The average molecular weight is 392 g/mol. The SMILES string of the molecule is CCCc1cc(=O)[nH]c(SCC(=O)NCC(=O)NCc2ccc(F)cc2)n1. The molecule has 0 bridgehead atoms. The van der Waals surface area contributed by atoms with Crippen molar-refractivity contribution in [3.8, 4) is 0 Å². The lowest BCUT2D eigenvalue weighted by atomic mass is 10.2. The average Bonchev–Trinajstić information content (AvgIpc) is 2.64. The highest BCUT2D eigenvalue weighted by atomic mass is 32.2. The standard InChI is InChI=1S/C18H21FN4O3S/c1-2-3-14-8-15(24)23-18(22-14)27-11-17(26)21-10-16(25)20-9-12-4-6-13(19)7-5-12/h4-8H,2-3,9-11H2,1H3,(H,20,25)(H,21,26)(H,22,23,24). The van der Waals surface area contributed by atoms with E-state index in [9.17, 15) is 18.8 Å². The molecule has 2 amide bonds. The van der Waals surface area contributed by atoms with Crippen LogP contribution in [-0.2, 0) is 22.6 Å². The van der Waals surface area contributed by atoms with Crippen LogP contribution in [0, 0.1) is 5.82 Å². The van der Waals surface area contributed by atoms with Crippen LogP contribution < -0.4 is 16.2 Å². The molecule has 3 N–H and O–H groups in total. The number of nitrogens with zero attached hydrogens (tertiary/aromatic N) is 1. The van der Waals surface area contributed by atoms with Gasteiger partial charge in [-0.3, -0.25) is 14.4 Å². The van der Waals surface area contributed by atoms with Crippen LogP contribution in [0.3, 0.4) is 0 Å². The van der Waals surface area contributed by atoms with Crippen LogP contribution in [0.2, 0.25) is 0 Å². The summed E-state index contributed by atoms with van der Waals surface area (Å²) in [4.78, 5) is 42.0. The molecule has 7 nitrogen and oxygen atoms in total. The number of nitrogens with one attached hydrogen (secondary N) is 3. The van der Waals surface area contributed by atoms with E-state index in [1.807, 2.05) is 6.92 Å². The Kier molecular flexibility index (Phi) is 8.00. The Hall–Kier alpha value is -2.68. The third-order valence-corrected chi connectivity index (χ3v) is 4.34. The Labute approximate surface area is 160 Å². The minimum absolute atomic E-state index is 0.0315. The summed E-state index contributed by atoms with van der Waals surface area (Å²) in [5, 5.41) is 5.51. The molecule has 27 heavy (non-hydrogen) atoms. The van der Waals surface area contributed by atoms with Gasteiger partial charge in [0.25, 0.3) is 5.56 Å². The van der Waals surface area contributed by atoms with E-state index < -0.39 is 0 Å². The smallest absolute Gasteiger partial charge is 0.251 e. The minimum Gasteiger partial charge on any atom is -0.350 e. The quantitative estimate of drug-likeness (QED) is 0.442. The maximum Gasteiger partial charge on any atom is 0.251 e. The number of aromatic amines is 1. The number of hydrogen-bond acceptors (Lipinski definition) is 5. The van der Waals surface area contributed by atoms with Gasteiger partial charge in [-0.25, -0.2) is 9.37 Å². The first-order valence-electron chi connectivity index (χ1n) is 8.47. The molecule has 0 aliphatic carbocycles. The highest BCUT2D eigenvalue weighted by molar-refractivity contribution is 7.99. The zero-order chi connectivity index (χ0) is 19.6. The van der Waals surface area contributed by atoms with Crippen LogP contribution in [0.25, 0.3) is 0 Å². The van der Waals surface area contributed by atoms with E-state index in [4.69, 9.17) is 0 Å². The van der Waals surface area contributed by atoms with Gasteiger partial charge in [0, 0.05) is 18.3 Å². The normalized spacial score (nSPS) is 10.4. The van der Waals surface area contributed by atoms with E-state index in [1.165, 1.54) is 18.2 Å². The van der Waals surface area contributed by atoms with Crippen LogP contribution in [0.1, 0.15) is 24.6 Å². The lowest BCUT2D eigenvalue weighted by Crippen LogP contribution is -2.37. The summed E-state index contributed by atoms with van der Waals surface area (Å²) in [7, 11) is 0. The third kappa shape index (κ3) is 7.61. The maximum absolute atomic E-state index is 12.8. The third-order valence-electron chi connectivity index (χ3n) is 3.47. The van der Waals surface area contributed by atoms with Gasteiger partial charge in [-0.1, -0.05) is 37.2 Å². The monoisotopic (exact) mass is 392 g/mol. The summed E-state index contributed by atoms with van der Waals surface area (Å²) >= 11 is 1.10. The minimum atomic E-state index is -0.353. The van der Waals surface area contributed by atoms with Crippen LogP contribution >= 0.6 is 11.8 Å². The molecule has 0 aliphatic heterocycles. The molecule has 2 aromatic rings. The summed E-state index contributed by atoms with van der Waals surface area (Å²) in [6, 6.07) is 7.22. The van der Waals surface area contributed by atoms with Gasteiger partial charge in [-0.05, 0) is 24.1 Å². The molecule has 0 saturated heterocycles. The van der Waals surface area contributed by atoms with E-state index in [2.05, 4.69) is 20.6 Å². The van der Waals surface area contributed by atoms with Gasteiger partial charge in [0.1, 0.15) is 5.82 Å². The van der Waals surface area contributed by atoms with Gasteiger partial charge in [0.2, 0.25) is 11.8 Å². The number of amides is 2. The van der Waals surface area contributed by atoms with Gasteiger partial charge >= 0.3 is 0 Å². The zero-order valence-corrected chi connectivity index (χ0v) is 15.7. The Morgan fingerprint density at radius 1 is 1.19 bits per heavy atom. The first-order valence-corrected chi connectivity index (χ1v) is 9.45. The number of H-pyrrole nitrogens is 1. The Morgan fingerprint density at radius 3 is 2.63 bits per heavy atom. The van der Waals surface area contributed by atoms with Crippen molar-refractivity contribution in [3.05, 3.63) is 57.8 Å². The fourth-order valence-corrected chi connectivity index (χ4v) is 2.89. The molecule has 144 valence electrons. The maximum atomic E-state index is 12.8. The lowest BCUT2D eigenvalue weighted by Gasteiger charge is -2.07. The van der Waals surface area contributed by atoms with E-state index in [0.717, 1.165) is 23.7 Å². The molecule has 1 heterocycles. The molecule has 0 fully saturated rings. The van der Waals surface area contributed by atoms with Crippen LogP contribution in [0.5, 0.6) is 0 Å². The first-order chi connectivity index (χ1) is 13.0. The first kappa shape index (κ1) is 20.6. The van der Waals surface area contributed by atoms with Gasteiger partial charge < -0.3 is 15.6 Å². The molecule has 0 saturated carbocycles. The number of rotatable bonds is 9. The fourth-order valence-electron chi connectivity index (χ4n) is 2.17. The zero-order valence-electron chi connectivity index (χ0n) is 14.9. The predicted octanol–water partition coefficient (Wildman–Crippen LogP) is 1.39.